The molecule has 0 saturated carbocycles. The lowest BCUT2D eigenvalue weighted by atomic mass is 10.2. The molecule has 0 saturated heterocycles. The number of carbonyl (C=O) groups excluding carboxylic acids is 1. The number of hydrogen-bond donors (Lipinski definition) is 3. The standard InChI is InChI=1S/C12H14N2O5/c13-8(6-11(15)16)12(17)14-7-1-2-9-10(5-7)19-4-3-18-9/h1-2,5,8H,3-4,6,13H2,(H,14,17)(H,15,16). The van der Waals surface area contributed by atoms with Crippen LogP contribution in [-0.4, -0.2) is 36.2 Å². The molecule has 1 aliphatic heterocycles. The summed E-state index contributed by atoms with van der Waals surface area (Å²) in [6.45, 7) is 0.936. The molecule has 0 fully saturated rings. The number of carboxylic acids is 1. The maximum Gasteiger partial charge on any atom is 0.305 e. The Kier molecular flexibility index (Phi) is 3.86. The molecule has 0 radical (unpaired) electrons. The van der Waals surface area contributed by atoms with Crippen LogP contribution >= 0.6 is 0 Å². The predicted octanol–water partition coefficient (Wildman–Crippen LogP) is 0.198. The van der Waals surface area contributed by atoms with Crippen LogP contribution in [0, 0.1) is 0 Å². The van der Waals surface area contributed by atoms with Crippen LogP contribution in [-0.2, 0) is 9.59 Å². The molecule has 1 aromatic rings. The Hall–Kier alpha value is -2.28. The Morgan fingerprint density at radius 3 is 2.68 bits per heavy atom. The number of fused-ring (bicyclic) bond motifs is 1. The Morgan fingerprint density at radius 1 is 1.32 bits per heavy atom. The SMILES string of the molecule is NC(CC(=O)O)C(=O)Nc1ccc2c(c1)OCCO2. The minimum atomic E-state index is -1.12. The van der Waals surface area contributed by atoms with Gasteiger partial charge in [-0.1, -0.05) is 0 Å². The minimum Gasteiger partial charge on any atom is -0.486 e. The maximum atomic E-state index is 11.6. The van der Waals surface area contributed by atoms with Crippen LogP contribution < -0.4 is 20.5 Å². The molecule has 1 atom stereocenters. The number of aliphatic carboxylic acids is 1. The van der Waals surface area contributed by atoms with Crippen LogP contribution in [0.25, 0.3) is 0 Å². The van der Waals surface area contributed by atoms with E-state index in [0.717, 1.165) is 0 Å². The zero-order valence-electron chi connectivity index (χ0n) is 10.1. The summed E-state index contributed by atoms with van der Waals surface area (Å²) < 4.78 is 10.7. The minimum absolute atomic E-state index is 0.420. The molecule has 0 spiro atoms. The van der Waals surface area contributed by atoms with Crippen molar-refractivity contribution < 1.29 is 24.2 Å². The number of benzene rings is 1. The smallest absolute Gasteiger partial charge is 0.305 e. The van der Waals surface area contributed by atoms with Gasteiger partial charge in [0.25, 0.3) is 0 Å². The molecule has 1 amide bonds. The number of carbonyl (C=O) groups is 2. The number of hydrogen-bond acceptors (Lipinski definition) is 5. The van der Waals surface area contributed by atoms with Crippen LogP contribution in [0.5, 0.6) is 11.5 Å². The van der Waals surface area contributed by atoms with Gasteiger partial charge < -0.3 is 25.6 Å². The molecule has 1 aliphatic rings. The van der Waals surface area contributed by atoms with E-state index in [1.165, 1.54) is 0 Å². The molecule has 7 nitrogen and oxygen atoms in total. The van der Waals surface area contributed by atoms with E-state index in [4.69, 9.17) is 20.3 Å². The Labute approximate surface area is 109 Å². The molecular formula is C12H14N2O5. The van der Waals surface area contributed by atoms with Gasteiger partial charge in [-0.2, -0.15) is 0 Å². The van der Waals surface area contributed by atoms with Gasteiger partial charge in [0.2, 0.25) is 5.91 Å². The van der Waals surface area contributed by atoms with Gasteiger partial charge in [-0.15, -0.1) is 0 Å². The predicted molar refractivity (Wildman–Crippen MR) is 66.3 cm³/mol. The third kappa shape index (κ3) is 3.35. The quantitative estimate of drug-likeness (QED) is 0.717. The van der Waals surface area contributed by atoms with E-state index in [9.17, 15) is 9.59 Å². The van der Waals surface area contributed by atoms with Gasteiger partial charge in [0.1, 0.15) is 13.2 Å². The first-order valence-electron chi connectivity index (χ1n) is 5.74. The molecule has 19 heavy (non-hydrogen) atoms. The largest absolute Gasteiger partial charge is 0.486 e. The highest BCUT2D eigenvalue weighted by Crippen LogP contribution is 2.32. The second-order valence-electron chi connectivity index (χ2n) is 4.05. The van der Waals surface area contributed by atoms with Crippen molar-refractivity contribution in [2.24, 2.45) is 5.73 Å². The first kappa shape index (κ1) is 13.2. The average molecular weight is 266 g/mol. The second kappa shape index (κ2) is 5.57. The molecule has 2 rings (SSSR count). The first-order valence-corrected chi connectivity index (χ1v) is 5.74. The van der Waals surface area contributed by atoms with E-state index >= 15 is 0 Å². The zero-order valence-corrected chi connectivity index (χ0v) is 10.1. The van der Waals surface area contributed by atoms with E-state index in [1.807, 2.05) is 0 Å². The molecule has 0 aromatic heterocycles. The van der Waals surface area contributed by atoms with Crippen molar-refractivity contribution >= 4 is 17.6 Å². The Balaban J connectivity index is 2.03. The molecule has 102 valence electrons. The van der Waals surface area contributed by atoms with Crippen molar-refractivity contribution in [3.8, 4) is 11.5 Å². The fourth-order valence-electron chi connectivity index (χ4n) is 1.64. The highest BCUT2D eigenvalue weighted by molar-refractivity contribution is 5.96. The number of ether oxygens (including phenoxy) is 2. The lowest BCUT2D eigenvalue weighted by molar-refractivity contribution is -0.138. The summed E-state index contributed by atoms with van der Waals surface area (Å²) >= 11 is 0. The van der Waals surface area contributed by atoms with E-state index < -0.39 is 24.3 Å². The lowest BCUT2D eigenvalue weighted by Crippen LogP contribution is -2.37. The third-order valence-corrected chi connectivity index (χ3v) is 2.54. The molecule has 1 unspecified atom stereocenters. The number of rotatable bonds is 4. The molecular weight excluding hydrogens is 252 g/mol. The summed E-state index contributed by atoms with van der Waals surface area (Å²) in [5.74, 6) is -0.529. The molecule has 0 aliphatic carbocycles. The summed E-state index contributed by atoms with van der Waals surface area (Å²) in [7, 11) is 0. The van der Waals surface area contributed by atoms with Crippen molar-refractivity contribution in [2.45, 2.75) is 12.5 Å². The third-order valence-electron chi connectivity index (χ3n) is 2.54. The Bertz CT molecular complexity index is 503. The monoisotopic (exact) mass is 266 g/mol. The number of amides is 1. The van der Waals surface area contributed by atoms with E-state index in [-0.39, 0.29) is 0 Å². The van der Waals surface area contributed by atoms with Gasteiger partial charge >= 0.3 is 5.97 Å². The van der Waals surface area contributed by atoms with Gasteiger partial charge in [0.05, 0.1) is 12.5 Å². The van der Waals surface area contributed by atoms with Crippen LogP contribution in [0.1, 0.15) is 6.42 Å². The highest BCUT2D eigenvalue weighted by atomic mass is 16.6. The van der Waals surface area contributed by atoms with Crippen LogP contribution in [0.15, 0.2) is 18.2 Å². The summed E-state index contributed by atoms with van der Waals surface area (Å²) in [5.41, 5.74) is 5.94. The number of nitrogens with one attached hydrogen (secondary N) is 1. The summed E-state index contributed by atoms with van der Waals surface area (Å²) in [4.78, 5) is 22.1. The van der Waals surface area contributed by atoms with Gasteiger partial charge in [-0.3, -0.25) is 9.59 Å². The highest BCUT2D eigenvalue weighted by Gasteiger charge is 2.18. The van der Waals surface area contributed by atoms with Gasteiger partial charge in [0, 0.05) is 11.8 Å². The molecule has 0 bridgehead atoms. The molecule has 1 aromatic carbocycles. The summed E-state index contributed by atoms with van der Waals surface area (Å²) in [5, 5.41) is 11.1. The van der Waals surface area contributed by atoms with Crippen molar-refractivity contribution in [1.82, 2.24) is 0 Å². The molecule has 4 N–H and O–H groups in total. The lowest BCUT2D eigenvalue weighted by Gasteiger charge is -2.19. The van der Waals surface area contributed by atoms with Crippen molar-refractivity contribution in [3.63, 3.8) is 0 Å². The average Bonchev–Trinajstić information content (AvgIpc) is 2.37. The normalized spacial score (nSPS) is 14.6. The van der Waals surface area contributed by atoms with Gasteiger partial charge in [-0.25, -0.2) is 0 Å². The topological polar surface area (TPSA) is 111 Å². The van der Waals surface area contributed by atoms with Crippen LogP contribution in [0.3, 0.4) is 0 Å². The second-order valence-corrected chi connectivity index (χ2v) is 4.05. The zero-order chi connectivity index (χ0) is 13.8. The maximum absolute atomic E-state index is 11.6. The first-order chi connectivity index (χ1) is 9.06. The Morgan fingerprint density at radius 2 is 2.00 bits per heavy atom. The van der Waals surface area contributed by atoms with Crippen molar-refractivity contribution in [2.75, 3.05) is 18.5 Å². The van der Waals surface area contributed by atoms with Crippen molar-refractivity contribution in [3.05, 3.63) is 18.2 Å². The van der Waals surface area contributed by atoms with Crippen LogP contribution in [0.2, 0.25) is 0 Å². The van der Waals surface area contributed by atoms with E-state index in [1.54, 1.807) is 18.2 Å². The number of nitrogens with two attached hydrogens (primary N) is 1. The summed E-state index contributed by atoms with van der Waals surface area (Å²) in [6, 6.07) is 3.83. The number of carboxylic acid groups (broad SMARTS) is 1. The van der Waals surface area contributed by atoms with Gasteiger partial charge in [0.15, 0.2) is 11.5 Å². The van der Waals surface area contributed by atoms with Crippen molar-refractivity contribution in [1.29, 1.82) is 0 Å². The summed E-state index contributed by atoms with van der Waals surface area (Å²) in [6.07, 6.45) is -0.420. The fraction of sp³-hybridized carbons (Fsp3) is 0.333. The fourth-order valence-corrected chi connectivity index (χ4v) is 1.64. The number of anilines is 1. The molecule has 7 heteroatoms. The van der Waals surface area contributed by atoms with Gasteiger partial charge in [-0.05, 0) is 12.1 Å². The van der Waals surface area contributed by atoms with Crippen LogP contribution in [0.4, 0.5) is 5.69 Å². The van der Waals surface area contributed by atoms with E-state index in [2.05, 4.69) is 5.32 Å². The van der Waals surface area contributed by atoms with E-state index in [0.29, 0.717) is 30.4 Å². The molecule has 1 heterocycles.